The molecule has 0 saturated heterocycles. The van der Waals surface area contributed by atoms with Crippen LogP contribution in [0.3, 0.4) is 0 Å². The number of aromatic amines is 1. The zero-order valence-electron chi connectivity index (χ0n) is 11.4. The van der Waals surface area contributed by atoms with Gasteiger partial charge in [0.05, 0.1) is 6.26 Å². The number of carbonyl (C=O) groups excluding carboxylic acids is 2. The van der Waals surface area contributed by atoms with Crippen LogP contribution < -0.4 is 0 Å². The molecular formula is C14H11N5O3. The summed E-state index contributed by atoms with van der Waals surface area (Å²) in [5, 5.41) is 12.4. The molecule has 1 N–H and O–H groups in total. The molecule has 0 saturated carbocycles. The van der Waals surface area contributed by atoms with E-state index in [0.29, 0.717) is 17.7 Å². The molecule has 3 aromatic rings. The van der Waals surface area contributed by atoms with Crippen molar-refractivity contribution in [2.24, 2.45) is 0 Å². The average Bonchev–Trinajstić information content (AvgIpc) is 3.19. The fourth-order valence-electron chi connectivity index (χ4n) is 1.94. The van der Waals surface area contributed by atoms with E-state index in [1.165, 1.54) is 6.26 Å². The first-order valence-electron chi connectivity index (χ1n) is 6.49. The zero-order chi connectivity index (χ0) is 15.4. The Bertz CT molecular complexity index is 780. The van der Waals surface area contributed by atoms with Crippen molar-refractivity contribution in [3.05, 3.63) is 59.6 Å². The Morgan fingerprint density at radius 3 is 2.91 bits per heavy atom. The number of H-pyrrole nitrogens is 1. The average molecular weight is 297 g/mol. The van der Waals surface area contributed by atoms with Crippen LogP contribution in [0.15, 0.2) is 41.1 Å². The lowest BCUT2D eigenvalue weighted by Gasteiger charge is -1.95. The lowest BCUT2D eigenvalue weighted by Crippen LogP contribution is -2.18. The summed E-state index contributed by atoms with van der Waals surface area (Å²) >= 11 is 0. The first kappa shape index (κ1) is 13.8. The third-order valence-electron chi connectivity index (χ3n) is 2.96. The summed E-state index contributed by atoms with van der Waals surface area (Å²) in [6, 6.07) is 7.34. The second-order valence-corrected chi connectivity index (χ2v) is 4.58. The predicted octanol–water partition coefficient (Wildman–Crippen LogP) is 0.773. The van der Waals surface area contributed by atoms with Gasteiger partial charge in [-0.05, 0) is 29.0 Å². The molecule has 0 spiro atoms. The first-order chi connectivity index (χ1) is 10.7. The Morgan fingerprint density at radius 1 is 1.27 bits per heavy atom. The van der Waals surface area contributed by atoms with Gasteiger partial charge in [-0.3, -0.25) is 14.6 Å². The molecule has 0 aliphatic heterocycles. The van der Waals surface area contributed by atoms with Crippen LogP contribution in [-0.2, 0) is 17.6 Å². The van der Waals surface area contributed by atoms with Gasteiger partial charge in [0.1, 0.15) is 5.76 Å². The van der Waals surface area contributed by atoms with Crippen molar-refractivity contribution in [3.63, 3.8) is 0 Å². The summed E-state index contributed by atoms with van der Waals surface area (Å²) in [5.41, 5.74) is 1.48. The van der Waals surface area contributed by atoms with Gasteiger partial charge in [0, 0.05) is 24.7 Å². The maximum Gasteiger partial charge on any atom is 0.269 e. The normalized spacial score (nSPS) is 10.5. The highest BCUT2D eigenvalue weighted by Crippen LogP contribution is 2.13. The van der Waals surface area contributed by atoms with Crippen LogP contribution in [0.25, 0.3) is 0 Å². The minimum Gasteiger partial charge on any atom is -0.469 e. The number of aromatic nitrogens is 5. The van der Waals surface area contributed by atoms with Gasteiger partial charge >= 0.3 is 0 Å². The number of hydrogen-bond donors (Lipinski definition) is 1. The molecular weight excluding hydrogens is 286 g/mol. The fourth-order valence-corrected chi connectivity index (χ4v) is 1.94. The van der Waals surface area contributed by atoms with Gasteiger partial charge in [-0.25, -0.2) is 0 Å². The Kier molecular flexibility index (Phi) is 3.82. The van der Waals surface area contributed by atoms with E-state index in [1.807, 2.05) is 18.2 Å². The van der Waals surface area contributed by atoms with Crippen molar-refractivity contribution >= 4 is 11.6 Å². The second-order valence-electron chi connectivity index (χ2n) is 4.58. The highest BCUT2D eigenvalue weighted by atomic mass is 16.3. The van der Waals surface area contributed by atoms with E-state index in [4.69, 9.17) is 4.42 Å². The predicted molar refractivity (Wildman–Crippen MR) is 73.0 cm³/mol. The van der Waals surface area contributed by atoms with Crippen LogP contribution in [0.5, 0.6) is 0 Å². The SMILES string of the molecule is O=C(Cc1coc(Cc2ccccn2)c1)C(=O)c1nn[nH]n1. The molecule has 0 unspecified atom stereocenters. The Balaban J connectivity index is 1.64. The maximum atomic E-state index is 11.9. The number of pyridine rings is 1. The number of nitrogens with zero attached hydrogens (tertiary/aromatic N) is 4. The molecule has 0 aliphatic carbocycles. The monoisotopic (exact) mass is 297 g/mol. The molecule has 8 nitrogen and oxygen atoms in total. The van der Waals surface area contributed by atoms with Crippen molar-refractivity contribution in [2.75, 3.05) is 0 Å². The fraction of sp³-hybridized carbons (Fsp3) is 0.143. The van der Waals surface area contributed by atoms with E-state index >= 15 is 0 Å². The van der Waals surface area contributed by atoms with Gasteiger partial charge in [-0.1, -0.05) is 6.07 Å². The Hall–Kier alpha value is -3.16. The van der Waals surface area contributed by atoms with Gasteiger partial charge in [-0.2, -0.15) is 5.21 Å². The van der Waals surface area contributed by atoms with E-state index in [0.717, 1.165) is 5.69 Å². The van der Waals surface area contributed by atoms with Crippen molar-refractivity contribution < 1.29 is 14.0 Å². The lowest BCUT2D eigenvalue weighted by molar-refractivity contribution is -0.114. The van der Waals surface area contributed by atoms with E-state index in [1.54, 1.807) is 12.3 Å². The quantitative estimate of drug-likeness (QED) is 0.528. The molecule has 3 aromatic heterocycles. The van der Waals surface area contributed by atoms with E-state index < -0.39 is 11.6 Å². The van der Waals surface area contributed by atoms with Crippen LogP contribution in [0, 0.1) is 0 Å². The highest BCUT2D eigenvalue weighted by Gasteiger charge is 2.21. The molecule has 8 heteroatoms. The molecule has 0 bridgehead atoms. The third-order valence-corrected chi connectivity index (χ3v) is 2.96. The molecule has 0 amide bonds. The third kappa shape index (κ3) is 3.11. The molecule has 3 heterocycles. The number of hydrogen-bond acceptors (Lipinski definition) is 7. The van der Waals surface area contributed by atoms with Crippen LogP contribution in [0.2, 0.25) is 0 Å². The summed E-state index contributed by atoms with van der Waals surface area (Å²) in [4.78, 5) is 27.8. The van der Waals surface area contributed by atoms with E-state index in [2.05, 4.69) is 25.6 Å². The number of carbonyl (C=O) groups is 2. The zero-order valence-corrected chi connectivity index (χ0v) is 11.4. The Labute approximate surface area is 124 Å². The van der Waals surface area contributed by atoms with Crippen LogP contribution in [-0.4, -0.2) is 37.2 Å². The summed E-state index contributed by atoms with van der Waals surface area (Å²) in [6.07, 6.45) is 3.61. The van der Waals surface area contributed by atoms with Gasteiger partial charge in [0.2, 0.25) is 11.6 Å². The number of Topliss-reactive ketones (excluding diaryl/α,β-unsaturated/α-hetero) is 2. The number of tetrazole rings is 1. The summed E-state index contributed by atoms with van der Waals surface area (Å²) in [5.74, 6) is -0.955. The highest BCUT2D eigenvalue weighted by molar-refractivity contribution is 6.43. The Morgan fingerprint density at radius 2 is 2.18 bits per heavy atom. The van der Waals surface area contributed by atoms with Gasteiger partial charge < -0.3 is 4.42 Å². The number of rotatable bonds is 6. The minimum atomic E-state index is -0.777. The first-order valence-corrected chi connectivity index (χ1v) is 6.49. The number of ketones is 2. The van der Waals surface area contributed by atoms with Crippen molar-refractivity contribution in [1.82, 2.24) is 25.6 Å². The topological polar surface area (TPSA) is 115 Å². The van der Waals surface area contributed by atoms with Crippen LogP contribution in [0.4, 0.5) is 0 Å². The molecule has 0 fully saturated rings. The van der Waals surface area contributed by atoms with Crippen LogP contribution in [0.1, 0.15) is 27.6 Å². The maximum absolute atomic E-state index is 11.9. The molecule has 3 rings (SSSR count). The molecule has 0 radical (unpaired) electrons. The lowest BCUT2D eigenvalue weighted by atomic mass is 10.1. The van der Waals surface area contributed by atoms with E-state index in [9.17, 15) is 9.59 Å². The molecule has 110 valence electrons. The smallest absolute Gasteiger partial charge is 0.269 e. The van der Waals surface area contributed by atoms with Gasteiger partial charge in [0.25, 0.3) is 5.78 Å². The standard InChI is InChI=1S/C14H11N5O3/c20-12(13(21)14-16-18-19-17-14)6-9-5-11(22-8-9)7-10-3-1-2-4-15-10/h1-5,8H,6-7H2,(H,16,17,18,19). The van der Waals surface area contributed by atoms with Crippen molar-refractivity contribution in [1.29, 1.82) is 0 Å². The summed E-state index contributed by atoms with van der Waals surface area (Å²) < 4.78 is 5.39. The molecule has 0 atom stereocenters. The van der Waals surface area contributed by atoms with Crippen molar-refractivity contribution in [2.45, 2.75) is 12.8 Å². The molecule has 0 aromatic carbocycles. The molecule has 22 heavy (non-hydrogen) atoms. The van der Waals surface area contributed by atoms with Crippen molar-refractivity contribution in [3.8, 4) is 0 Å². The van der Waals surface area contributed by atoms with Gasteiger partial charge in [0.15, 0.2) is 0 Å². The summed E-state index contributed by atoms with van der Waals surface area (Å²) in [7, 11) is 0. The second kappa shape index (κ2) is 6.08. The summed E-state index contributed by atoms with van der Waals surface area (Å²) in [6.45, 7) is 0. The van der Waals surface area contributed by atoms with E-state index in [-0.39, 0.29) is 12.2 Å². The molecule has 0 aliphatic rings. The van der Waals surface area contributed by atoms with Crippen LogP contribution >= 0.6 is 0 Å². The van der Waals surface area contributed by atoms with Gasteiger partial charge in [-0.15, -0.1) is 10.2 Å². The number of nitrogens with one attached hydrogen (secondary N) is 1. The largest absolute Gasteiger partial charge is 0.469 e. The minimum absolute atomic E-state index is 0.0703. The number of furan rings is 1.